The second-order valence-electron chi connectivity index (χ2n) is 4.52. The van der Waals surface area contributed by atoms with Crippen molar-refractivity contribution in [1.29, 1.82) is 0 Å². The first-order valence-corrected chi connectivity index (χ1v) is 6.75. The number of anilines is 1. The fourth-order valence-corrected chi connectivity index (χ4v) is 1.80. The molecule has 0 saturated heterocycles. The third kappa shape index (κ3) is 7.01. The second-order valence-corrected chi connectivity index (χ2v) is 4.52. The van der Waals surface area contributed by atoms with Gasteiger partial charge >= 0.3 is 0 Å². The molecular formula is C15H25NO. The van der Waals surface area contributed by atoms with Crippen molar-refractivity contribution in [3.8, 4) is 0 Å². The lowest BCUT2D eigenvalue weighted by molar-refractivity contribution is 0.128. The summed E-state index contributed by atoms with van der Waals surface area (Å²) in [5.74, 6) is 0. The van der Waals surface area contributed by atoms with Crippen LogP contribution in [0.25, 0.3) is 0 Å². The quantitative estimate of drug-likeness (QED) is 0.522. The maximum atomic E-state index is 5.64. The van der Waals surface area contributed by atoms with Gasteiger partial charge in [0.15, 0.2) is 0 Å². The molecule has 0 aliphatic heterocycles. The van der Waals surface area contributed by atoms with Crippen molar-refractivity contribution in [3.63, 3.8) is 0 Å². The van der Waals surface area contributed by atoms with E-state index in [2.05, 4.69) is 19.1 Å². The van der Waals surface area contributed by atoms with E-state index in [1.54, 1.807) is 0 Å². The van der Waals surface area contributed by atoms with E-state index in [1.807, 2.05) is 12.1 Å². The third-order valence-electron chi connectivity index (χ3n) is 2.88. The topological polar surface area (TPSA) is 35.2 Å². The van der Waals surface area contributed by atoms with E-state index in [9.17, 15) is 0 Å². The van der Waals surface area contributed by atoms with E-state index in [0.717, 1.165) is 31.7 Å². The van der Waals surface area contributed by atoms with Gasteiger partial charge in [0.2, 0.25) is 0 Å². The molecule has 2 heteroatoms. The zero-order valence-corrected chi connectivity index (χ0v) is 11.0. The molecule has 0 radical (unpaired) electrons. The highest BCUT2D eigenvalue weighted by Crippen LogP contribution is 2.07. The summed E-state index contributed by atoms with van der Waals surface area (Å²) >= 11 is 0. The predicted molar refractivity (Wildman–Crippen MR) is 74.1 cm³/mol. The number of rotatable bonds is 9. The summed E-state index contributed by atoms with van der Waals surface area (Å²) in [6.45, 7) is 4.02. The second kappa shape index (κ2) is 9.06. The van der Waals surface area contributed by atoms with Crippen LogP contribution in [0.15, 0.2) is 24.3 Å². The number of hydrogen-bond acceptors (Lipinski definition) is 2. The molecule has 0 saturated carbocycles. The summed E-state index contributed by atoms with van der Waals surface area (Å²) < 4.78 is 5.60. The van der Waals surface area contributed by atoms with Crippen molar-refractivity contribution < 1.29 is 4.74 Å². The van der Waals surface area contributed by atoms with E-state index in [-0.39, 0.29) is 0 Å². The zero-order chi connectivity index (χ0) is 12.3. The van der Waals surface area contributed by atoms with Gasteiger partial charge in [-0.1, -0.05) is 38.3 Å². The first-order chi connectivity index (χ1) is 8.33. The average Bonchev–Trinajstić information content (AvgIpc) is 2.35. The van der Waals surface area contributed by atoms with Crippen LogP contribution in [0.5, 0.6) is 0 Å². The minimum atomic E-state index is 0.834. The van der Waals surface area contributed by atoms with Crippen molar-refractivity contribution in [2.24, 2.45) is 0 Å². The van der Waals surface area contributed by atoms with E-state index in [1.165, 1.54) is 31.2 Å². The van der Waals surface area contributed by atoms with E-state index >= 15 is 0 Å². The van der Waals surface area contributed by atoms with Gasteiger partial charge in [0.1, 0.15) is 0 Å². The Hall–Kier alpha value is -1.02. The Kier molecular flexibility index (Phi) is 7.48. The summed E-state index contributed by atoms with van der Waals surface area (Å²) in [6.07, 6.45) is 7.29. The van der Waals surface area contributed by atoms with Gasteiger partial charge in [-0.25, -0.2) is 0 Å². The van der Waals surface area contributed by atoms with E-state index in [4.69, 9.17) is 10.5 Å². The molecule has 2 N–H and O–H groups in total. The molecule has 0 spiro atoms. The Morgan fingerprint density at radius 1 is 0.941 bits per heavy atom. The lowest BCUT2D eigenvalue weighted by atomic mass is 10.1. The van der Waals surface area contributed by atoms with Crippen LogP contribution in [0.2, 0.25) is 0 Å². The minimum Gasteiger partial charge on any atom is -0.399 e. The summed E-state index contributed by atoms with van der Waals surface area (Å²) in [4.78, 5) is 0. The summed E-state index contributed by atoms with van der Waals surface area (Å²) in [6, 6.07) is 8.11. The van der Waals surface area contributed by atoms with Gasteiger partial charge < -0.3 is 10.5 Å². The molecule has 1 aromatic rings. The Morgan fingerprint density at radius 3 is 2.35 bits per heavy atom. The monoisotopic (exact) mass is 235 g/mol. The highest BCUT2D eigenvalue weighted by Gasteiger charge is 1.94. The van der Waals surface area contributed by atoms with Crippen molar-refractivity contribution in [2.75, 3.05) is 18.9 Å². The Bertz CT molecular complexity index is 281. The van der Waals surface area contributed by atoms with Crippen LogP contribution in [0.4, 0.5) is 5.69 Å². The number of unbranched alkanes of at least 4 members (excludes halogenated alkanes) is 3. The fourth-order valence-electron chi connectivity index (χ4n) is 1.80. The van der Waals surface area contributed by atoms with Gasteiger partial charge in [-0.15, -0.1) is 0 Å². The van der Waals surface area contributed by atoms with Crippen LogP contribution in [0, 0.1) is 0 Å². The van der Waals surface area contributed by atoms with Gasteiger partial charge in [-0.05, 0) is 37.0 Å². The average molecular weight is 235 g/mol. The van der Waals surface area contributed by atoms with Crippen LogP contribution < -0.4 is 5.73 Å². The molecule has 0 fully saturated rings. The van der Waals surface area contributed by atoms with Gasteiger partial charge in [-0.3, -0.25) is 0 Å². The lowest BCUT2D eigenvalue weighted by Crippen LogP contribution is -1.99. The molecule has 2 nitrogen and oxygen atoms in total. The number of hydrogen-bond donors (Lipinski definition) is 1. The van der Waals surface area contributed by atoms with Gasteiger partial charge in [0.05, 0.1) is 0 Å². The normalized spacial score (nSPS) is 10.6. The molecule has 0 aliphatic carbocycles. The SMILES string of the molecule is CCCCCCOCCCc1ccc(N)cc1. The van der Waals surface area contributed by atoms with E-state index < -0.39 is 0 Å². The molecule has 17 heavy (non-hydrogen) atoms. The number of benzene rings is 1. The fraction of sp³-hybridized carbons (Fsp3) is 0.600. The smallest absolute Gasteiger partial charge is 0.0469 e. The predicted octanol–water partition coefficient (Wildman–Crippen LogP) is 3.80. The summed E-state index contributed by atoms with van der Waals surface area (Å²) in [7, 11) is 0. The van der Waals surface area contributed by atoms with Crippen LogP contribution in [0.1, 0.15) is 44.6 Å². The first-order valence-electron chi connectivity index (χ1n) is 6.75. The van der Waals surface area contributed by atoms with Crippen LogP contribution >= 0.6 is 0 Å². The molecular weight excluding hydrogens is 210 g/mol. The van der Waals surface area contributed by atoms with Gasteiger partial charge in [0, 0.05) is 18.9 Å². The van der Waals surface area contributed by atoms with E-state index in [0.29, 0.717) is 0 Å². The van der Waals surface area contributed by atoms with Crippen molar-refractivity contribution in [2.45, 2.75) is 45.4 Å². The molecule has 0 bridgehead atoms. The Morgan fingerprint density at radius 2 is 1.65 bits per heavy atom. The molecule has 0 aliphatic rings. The maximum absolute atomic E-state index is 5.64. The standard InChI is InChI=1S/C15H25NO/c1-2-3-4-5-12-17-13-6-7-14-8-10-15(16)11-9-14/h8-11H,2-7,12-13,16H2,1H3. The molecule has 96 valence electrons. The van der Waals surface area contributed by atoms with Crippen molar-refractivity contribution in [1.82, 2.24) is 0 Å². The Balaban J connectivity index is 1.95. The molecule has 1 rings (SSSR count). The lowest BCUT2D eigenvalue weighted by Gasteiger charge is -2.04. The molecule has 1 aromatic carbocycles. The van der Waals surface area contributed by atoms with Crippen LogP contribution in [-0.4, -0.2) is 13.2 Å². The number of ether oxygens (including phenoxy) is 1. The molecule has 0 unspecified atom stereocenters. The van der Waals surface area contributed by atoms with Crippen LogP contribution in [-0.2, 0) is 11.2 Å². The summed E-state index contributed by atoms with van der Waals surface area (Å²) in [5, 5.41) is 0. The number of aryl methyl sites for hydroxylation is 1. The van der Waals surface area contributed by atoms with Crippen LogP contribution in [0.3, 0.4) is 0 Å². The highest BCUT2D eigenvalue weighted by molar-refractivity contribution is 5.39. The number of nitrogen functional groups attached to an aromatic ring is 1. The molecule has 0 heterocycles. The maximum Gasteiger partial charge on any atom is 0.0469 e. The minimum absolute atomic E-state index is 0.834. The molecule has 0 atom stereocenters. The Labute approximate surface area is 105 Å². The van der Waals surface area contributed by atoms with Crippen molar-refractivity contribution in [3.05, 3.63) is 29.8 Å². The largest absolute Gasteiger partial charge is 0.399 e. The zero-order valence-electron chi connectivity index (χ0n) is 11.0. The van der Waals surface area contributed by atoms with Crippen molar-refractivity contribution >= 4 is 5.69 Å². The summed E-state index contributed by atoms with van der Waals surface area (Å²) in [5.41, 5.74) is 7.81. The van der Waals surface area contributed by atoms with Gasteiger partial charge in [-0.2, -0.15) is 0 Å². The first kappa shape index (κ1) is 14.0. The van der Waals surface area contributed by atoms with Gasteiger partial charge in [0.25, 0.3) is 0 Å². The highest BCUT2D eigenvalue weighted by atomic mass is 16.5. The third-order valence-corrected chi connectivity index (χ3v) is 2.88. The molecule has 0 aromatic heterocycles. The molecule has 0 amide bonds. The number of nitrogens with two attached hydrogens (primary N) is 1.